The minimum Gasteiger partial charge on any atom is -0.492 e. The lowest BCUT2D eigenvalue weighted by atomic mass is 9.74. The molecule has 1 heterocycles. The van der Waals surface area contributed by atoms with Crippen molar-refractivity contribution in [3.8, 4) is 5.75 Å². The van der Waals surface area contributed by atoms with E-state index in [1.54, 1.807) is 0 Å². The van der Waals surface area contributed by atoms with E-state index in [1.807, 2.05) is 6.20 Å². The van der Waals surface area contributed by atoms with E-state index in [4.69, 9.17) is 4.74 Å². The standard InChI is InChI=1S/C29H49NO/c1-3-5-6-22-31-29-21-20-28(30-23-29)19-18-27-16-14-26(15-17-27)13-12-25-10-8-24(7-4-2)9-11-25/h20-21,23-27H,3-19,22H2,1-2H3/t24-,25-,26-,27-. The van der Waals surface area contributed by atoms with Gasteiger partial charge in [0.05, 0.1) is 12.8 Å². The fourth-order valence-corrected chi connectivity index (χ4v) is 6.04. The molecule has 1 aromatic heterocycles. The Morgan fingerprint density at radius 3 is 1.81 bits per heavy atom. The van der Waals surface area contributed by atoms with E-state index >= 15 is 0 Å². The topological polar surface area (TPSA) is 22.1 Å². The number of aryl methyl sites for hydroxylation is 1. The van der Waals surface area contributed by atoms with Crippen LogP contribution >= 0.6 is 0 Å². The van der Waals surface area contributed by atoms with Gasteiger partial charge in [-0.15, -0.1) is 0 Å². The summed E-state index contributed by atoms with van der Waals surface area (Å²) in [7, 11) is 0. The van der Waals surface area contributed by atoms with Crippen LogP contribution in [0.3, 0.4) is 0 Å². The molecule has 2 saturated carbocycles. The average molecular weight is 428 g/mol. The van der Waals surface area contributed by atoms with E-state index in [1.165, 1.54) is 102 Å². The van der Waals surface area contributed by atoms with E-state index < -0.39 is 0 Å². The Kier molecular flexibility index (Phi) is 11.2. The predicted molar refractivity (Wildman–Crippen MR) is 133 cm³/mol. The van der Waals surface area contributed by atoms with Crippen LogP contribution in [0.4, 0.5) is 0 Å². The molecule has 0 spiro atoms. The maximum Gasteiger partial charge on any atom is 0.137 e. The fourth-order valence-electron chi connectivity index (χ4n) is 6.04. The van der Waals surface area contributed by atoms with Gasteiger partial charge < -0.3 is 4.74 Å². The van der Waals surface area contributed by atoms with Crippen LogP contribution in [0.2, 0.25) is 0 Å². The largest absolute Gasteiger partial charge is 0.492 e. The SMILES string of the molecule is CCCCCOc1ccc(CC[C@H]2CC[C@H](CC[C@H]3CC[C@H](CCC)CC3)CC2)nc1. The van der Waals surface area contributed by atoms with Crippen LogP contribution in [0.25, 0.3) is 0 Å². The molecule has 0 aliphatic heterocycles. The second kappa shape index (κ2) is 14.2. The maximum atomic E-state index is 5.79. The van der Waals surface area contributed by atoms with Crippen molar-refractivity contribution < 1.29 is 4.74 Å². The zero-order chi connectivity index (χ0) is 21.7. The van der Waals surface area contributed by atoms with Gasteiger partial charge in [-0.2, -0.15) is 0 Å². The molecule has 0 bridgehead atoms. The van der Waals surface area contributed by atoms with Crippen molar-refractivity contribution >= 4 is 0 Å². The first-order valence-corrected chi connectivity index (χ1v) is 13.8. The highest BCUT2D eigenvalue weighted by atomic mass is 16.5. The lowest BCUT2D eigenvalue weighted by molar-refractivity contribution is 0.209. The fraction of sp³-hybridized carbons (Fsp3) is 0.828. The third-order valence-electron chi connectivity index (χ3n) is 8.24. The third kappa shape index (κ3) is 9.15. The van der Waals surface area contributed by atoms with Gasteiger partial charge in [0.25, 0.3) is 0 Å². The molecule has 0 aromatic carbocycles. The molecule has 0 radical (unpaired) electrons. The van der Waals surface area contributed by atoms with Crippen LogP contribution in [0.5, 0.6) is 5.75 Å². The van der Waals surface area contributed by atoms with Gasteiger partial charge in [0.1, 0.15) is 5.75 Å². The Morgan fingerprint density at radius 1 is 0.710 bits per heavy atom. The van der Waals surface area contributed by atoms with Gasteiger partial charge >= 0.3 is 0 Å². The summed E-state index contributed by atoms with van der Waals surface area (Å²) < 4.78 is 5.79. The number of aromatic nitrogens is 1. The van der Waals surface area contributed by atoms with Gasteiger partial charge in [-0.25, -0.2) is 0 Å². The van der Waals surface area contributed by atoms with Gasteiger partial charge in [0, 0.05) is 5.69 Å². The van der Waals surface area contributed by atoms with Crippen LogP contribution in [0.1, 0.15) is 122 Å². The Labute approximate surface area is 193 Å². The molecule has 2 aliphatic rings. The maximum absolute atomic E-state index is 5.79. The number of pyridine rings is 1. The first-order chi connectivity index (χ1) is 15.3. The number of nitrogens with zero attached hydrogens (tertiary/aromatic N) is 1. The van der Waals surface area contributed by atoms with Crippen LogP contribution in [0, 0.1) is 23.7 Å². The van der Waals surface area contributed by atoms with Crippen molar-refractivity contribution in [1.29, 1.82) is 0 Å². The zero-order valence-corrected chi connectivity index (χ0v) is 20.6. The predicted octanol–water partition coefficient (Wildman–Crippen LogP) is 8.78. The molecule has 0 saturated heterocycles. The monoisotopic (exact) mass is 427 g/mol. The molecular formula is C29H49NO. The highest BCUT2D eigenvalue weighted by molar-refractivity contribution is 5.19. The second-order valence-corrected chi connectivity index (χ2v) is 10.7. The number of hydrogen-bond donors (Lipinski definition) is 0. The van der Waals surface area contributed by atoms with Gasteiger partial charge in [-0.1, -0.05) is 104 Å². The normalized spacial score (nSPS) is 26.6. The molecule has 3 rings (SSSR count). The van der Waals surface area contributed by atoms with Gasteiger partial charge in [0.2, 0.25) is 0 Å². The lowest BCUT2D eigenvalue weighted by Crippen LogP contribution is -2.18. The third-order valence-corrected chi connectivity index (χ3v) is 8.24. The molecule has 1 aromatic rings. The first-order valence-electron chi connectivity index (χ1n) is 13.8. The summed E-state index contributed by atoms with van der Waals surface area (Å²) in [5, 5.41) is 0. The van der Waals surface area contributed by atoms with Gasteiger partial charge in [-0.3, -0.25) is 4.98 Å². The quantitative estimate of drug-likeness (QED) is 0.293. The minimum atomic E-state index is 0.818. The lowest BCUT2D eigenvalue weighted by Gasteiger charge is -2.32. The zero-order valence-electron chi connectivity index (χ0n) is 20.6. The van der Waals surface area contributed by atoms with Crippen molar-refractivity contribution in [1.82, 2.24) is 4.98 Å². The van der Waals surface area contributed by atoms with Crippen LogP contribution in [-0.4, -0.2) is 11.6 Å². The molecule has 0 atom stereocenters. The van der Waals surface area contributed by atoms with E-state index in [9.17, 15) is 0 Å². The summed E-state index contributed by atoms with van der Waals surface area (Å²) in [5.41, 5.74) is 1.24. The van der Waals surface area contributed by atoms with E-state index in [2.05, 4.69) is 31.0 Å². The molecule has 0 amide bonds. The molecule has 2 fully saturated rings. The first kappa shape index (κ1) is 24.6. The summed E-state index contributed by atoms with van der Waals surface area (Å²) in [6.07, 6.45) is 25.8. The number of rotatable bonds is 13. The van der Waals surface area contributed by atoms with E-state index in [0.29, 0.717) is 0 Å². The molecule has 2 heteroatoms. The second-order valence-electron chi connectivity index (χ2n) is 10.7. The summed E-state index contributed by atoms with van der Waals surface area (Å²) in [4.78, 5) is 4.65. The Hall–Kier alpha value is -1.05. The molecule has 31 heavy (non-hydrogen) atoms. The summed E-state index contributed by atoms with van der Waals surface area (Å²) in [5.74, 6) is 4.98. The highest BCUT2D eigenvalue weighted by Crippen LogP contribution is 2.38. The average Bonchev–Trinajstić information content (AvgIpc) is 2.82. The smallest absolute Gasteiger partial charge is 0.137 e. The van der Waals surface area contributed by atoms with Crippen molar-refractivity contribution in [2.75, 3.05) is 6.61 Å². The summed E-state index contributed by atoms with van der Waals surface area (Å²) in [6, 6.07) is 4.29. The Bertz CT molecular complexity index is 567. The van der Waals surface area contributed by atoms with Crippen molar-refractivity contribution in [3.05, 3.63) is 24.0 Å². The Morgan fingerprint density at radius 2 is 1.29 bits per heavy atom. The molecule has 0 N–H and O–H groups in total. The summed E-state index contributed by atoms with van der Waals surface area (Å²) in [6.45, 7) is 5.39. The number of ether oxygens (including phenoxy) is 1. The molecule has 0 unspecified atom stereocenters. The van der Waals surface area contributed by atoms with Crippen LogP contribution < -0.4 is 4.74 Å². The van der Waals surface area contributed by atoms with E-state index in [0.717, 1.165) is 48.9 Å². The van der Waals surface area contributed by atoms with Crippen molar-refractivity contribution in [3.63, 3.8) is 0 Å². The Balaban J connectivity index is 1.25. The highest BCUT2D eigenvalue weighted by Gasteiger charge is 2.24. The molecule has 2 aliphatic carbocycles. The van der Waals surface area contributed by atoms with Crippen molar-refractivity contribution in [2.45, 2.75) is 123 Å². The van der Waals surface area contributed by atoms with Crippen LogP contribution in [-0.2, 0) is 6.42 Å². The molecule has 176 valence electrons. The number of hydrogen-bond acceptors (Lipinski definition) is 2. The van der Waals surface area contributed by atoms with E-state index in [-0.39, 0.29) is 0 Å². The minimum absolute atomic E-state index is 0.818. The molecular weight excluding hydrogens is 378 g/mol. The van der Waals surface area contributed by atoms with Crippen molar-refractivity contribution in [2.24, 2.45) is 23.7 Å². The van der Waals surface area contributed by atoms with Gasteiger partial charge in [-0.05, 0) is 55.1 Å². The van der Waals surface area contributed by atoms with Gasteiger partial charge in [0.15, 0.2) is 0 Å². The number of unbranched alkanes of at least 4 members (excludes halogenated alkanes) is 2. The molecule has 2 nitrogen and oxygen atoms in total. The summed E-state index contributed by atoms with van der Waals surface area (Å²) >= 11 is 0. The van der Waals surface area contributed by atoms with Crippen LogP contribution in [0.15, 0.2) is 18.3 Å².